The van der Waals surface area contributed by atoms with Crippen LogP contribution in [0, 0.1) is 0 Å². The molecule has 0 amide bonds. The molecule has 1 aromatic heterocycles. The molecule has 0 bridgehead atoms. The van der Waals surface area contributed by atoms with E-state index in [1.54, 1.807) is 11.3 Å². The lowest BCUT2D eigenvalue weighted by atomic mass is 10.0. The lowest BCUT2D eigenvalue weighted by molar-refractivity contribution is -0.0288. The predicted molar refractivity (Wildman–Crippen MR) is 104 cm³/mol. The summed E-state index contributed by atoms with van der Waals surface area (Å²) in [6.07, 6.45) is 1.87. The number of nitrogens with zero attached hydrogens (tertiary/aromatic N) is 3. The van der Waals surface area contributed by atoms with Crippen molar-refractivity contribution >= 4 is 16.5 Å². The second-order valence-electron chi connectivity index (χ2n) is 7.03. The normalized spacial score (nSPS) is 22.5. The molecule has 0 radical (unpaired) electrons. The fraction of sp³-hybridized carbons (Fsp3) is 0.526. The maximum atomic E-state index is 10.6. The van der Waals surface area contributed by atoms with Crippen LogP contribution in [-0.4, -0.2) is 67.6 Å². The molecule has 0 unspecified atom stereocenters. The van der Waals surface area contributed by atoms with Gasteiger partial charge in [0.15, 0.2) is 16.6 Å². The molecule has 0 aliphatic carbocycles. The number of aliphatic hydroxyl groups excluding tert-OH is 1. The number of anilines is 1. The molecular formula is C19H25N3O4S. The van der Waals surface area contributed by atoms with E-state index in [9.17, 15) is 5.11 Å². The Morgan fingerprint density at radius 1 is 1.33 bits per heavy atom. The third-order valence-electron chi connectivity index (χ3n) is 4.72. The van der Waals surface area contributed by atoms with Crippen LogP contribution in [0.2, 0.25) is 0 Å². The molecule has 2 aliphatic heterocycles. The standard InChI is InChI=1S/C19H25N3O4S/c1-21(2)19-20-10-13(27-19)11-22-7-6-15(14(23)12-22)26-17-5-3-4-16-18(17)25-9-8-24-16/h3-5,10,14-15,23H,6-9,11-12H2,1-2H3/t14-,15-/m1/s1. The Morgan fingerprint density at radius 2 is 2.19 bits per heavy atom. The maximum absolute atomic E-state index is 10.6. The first kappa shape index (κ1) is 18.3. The molecule has 4 rings (SSSR count). The van der Waals surface area contributed by atoms with E-state index in [1.165, 1.54) is 4.88 Å². The first-order chi connectivity index (χ1) is 13.1. The summed E-state index contributed by atoms with van der Waals surface area (Å²) in [6, 6.07) is 5.63. The zero-order chi connectivity index (χ0) is 18.8. The van der Waals surface area contributed by atoms with Crippen LogP contribution in [0.3, 0.4) is 0 Å². The molecule has 3 heterocycles. The van der Waals surface area contributed by atoms with E-state index in [0.717, 1.165) is 24.6 Å². The molecule has 1 N–H and O–H groups in total. The summed E-state index contributed by atoms with van der Waals surface area (Å²) in [5.41, 5.74) is 0. The van der Waals surface area contributed by atoms with Crippen LogP contribution in [-0.2, 0) is 6.54 Å². The van der Waals surface area contributed by atoms with Gasteiger partial charge in [0, 0.05) is 44.8 Å². The zero-order valence-corrected chi connectivity index (χ0v) is 16.4. The van der Waals surface area contributed by atoms with Gasteiger partial charge in [-0.15, -0.1) is 11.3 Å². The average molecular weight is 391 g/mol. The molecule has 146 valence electrons. The number of likely N-dealkylation sites (tertiary alicyclic amines) is 1. The SMILES string of the molecule is CN(C)c1ncc(CN2CC[C@@H](Oc3cccc4c3OCCO4)[C@H](O)C2)s1. The Hall–Kier alpha value is -2.03. The minimum atomic E-state index is -0.555. The third kappa shape index (κ3) is 4.12. The van der Waals surface area contributed by atoms with Crippen molar-refractivity contribution in [1.82, 2.24) is 9.88 Å². The molecule has 8 heteroatoms. The minimum absolute atomic E-state index is 0.253. The summed E-state index contributed by atoms with van der Waals surface area (Å²) in [7, 11) is 3.98. The summed E-state index contributed by atoms with van der Waals surface area (Å²) in [6.45, 7) is 3.30. The van der Waals surface area contributed by atoms with Crippen molar-refractivity contribution in [3.63, 3.8) is 0 Å². The number of aliphatic hydroxyl groups is 1. The van der Waals surface area contributed by atoms with E-state index < -0.39 is 6.10 Å². The highest BCUT2D eigenvalue weighted by molar-refractivity contribution is 7.15. The van der Waals surface area contributed by atoms with Gasteiger partial charge in [-0.3, -0.25) is 4.90 Å². The van der Waals surface area contributed by atoms with Crippen LogP contribution in [0.4, 0.5) is 5.13 Å². The average Bonchev–Trinajstić information content (AvgIpc) is 3.13. The van der Waals surface area contributed by atoms with E-state index in [0.29, 0.717) is 37.0 Å². The van der Waals surface area contributed by atoms with E-state index in [4.69, 9.17) is 14.2 Å². The molecule has 1 fully saturated rings. The van der Waals surface area contributed by atoms with Crippen LogP contribution < -0.4 is 19.1 Å². The lowest BCUT2D eigenvalue weighted by Gasteiger charge is -2.36. The van der Waals surface area contributed by atoms with Crippen molar-refractivity contribution in [2.24, 2.45) is 0 Å². The lowest BCUT2D eigenvalue weighted by Crippen LogP contribution is -2.48. The predicted octanol–water partition coefficient (Wildman–Crippen LogP) is 1.99. The molecule has 2 aromatic rings. The van der Waals surface area contributed by atoms with Crippen molar-refractivity contribution in [3.8, 4) is 17.2 Å². The summed E-state index contributed by atoms with van der Waals surface area (Å²) in [5, 5.41) is 11.6. The molecule has 0 saturated carbocycles. The third-order valence-corrected chi connectivity index (χ3v) is 5.87. The number of thiazole rings is 1. The topological polar surface area (TPSA) is 67.3 Å². The molecule has 0 spiro atoms. The number of piperidine rings is 1. The number of rotatable bonds is 5. The van der Waals surface area contributed by atoms with Gasteiger partial charge in [0.2, 0.25) is 5.75 Å². The van der Waals surface area contributed by atoms with E-state index in [2.05, 4.69) is 9.88 Å². The van der Waals surface area contributed by atoms with Crippen LogP contribution in [0.15, 0.2) is 24.4 Å². The Kier molecular flexibility index (Phi) is 5.38. The number of ether oxygens (including phenoxy) is 3. The van der Waals surface area contributed by atoms with Gasteiger partial charge in [0.05, 0.1) is 0 Å². The highest BCUT2D eigenvalue weighted by atomic mass is 32.1. The van der Waals surface area contributed by atoms with Gasteiger partial charge < -0.3 is 24.2 Å². The Balaban J connectivity index is 1.36. The van der Waals surface area contributed by atoms with Crippen molar-refractivity contribution in [2.45, 2.75) is 25.2 Å². The fourth-order valence-corrected chi connectivity index (χ4v) is 4.23. The number of fused-ring (bicyclic) bond motifs is 1. The van der Waals surface area contributed by atoms with Crippen molar-refractivity contribution in [3.05, 3.63) is 29.3 Å². The van der Waals surface area contributed by atoms with Crippen LogP contribution >= 0.6 is 11.3 Å². The molecule has 2 aliphatic rings. The van der Waals surface area contributed by atoms with Gasteiger partial charge in [-0.05, 0) is 18.6 Å². The molecular weight excluding hydrogens is 366 g/mol. The van der Waals surface area contributed by atoms with E-state index in [1.807, 2.05) is 43.4 Å². The van der Waals surface area contributed by atoms with Gasteiger partial charge >= 0.3 is 0 Å². The summed E-state index contributed by atoms with van der Waals surface area (Å²) >= 11 is 1.68. The Labute approximate surface area is 163 Å². The number of para-hydroxylation sites is 1. The maximum Gasteiger partial charge on any atom is 0.203 e. The van der Waals surface area contributed by atoms with E-state index in [-0.39, 0.29) is 6.10 Å². The Morgan fingerprint density at radius 3 is 2.96 bits per heavy atom. The summed E-state index contributed by atoms with van der Waals surface area (Å²) < 4.78 is 17.4. The number of β-amino-alcohol motifs (C(OH)–C–C–N with tert-alkyl or cyclic N) is 1. The molecule has 1 aromatic carbocycles. The van der Waals surface area contributed by atoms with Crippen molar-refractivity contribution in [2.75, 3.05) is 45.3 Å². The monoisotopic (exact) mass is 391 g/mol. The second kappa shape index (κ2) is 7.92. The molecule has 27 heavy (non-hydrogen) atoms. The van der Waals surface area contributed by atoms with Crippen LogP contribution in [0.25, 0.3) is 0 Å². The van der Waals surface area contributed by atoms with Crippen molar-refractivity contribution in [1.29, 1.82) is 0 Å². The molecule has 1 saturated heterocycles. The zero-order valence-electron chi connectivity index (χ0n) is 15.6. The first-order valence-electron chi connectivity index (χ1n) is 9.18. The van der Waals surface area contributed by atoms with Gasteiger partial charge in [-0.2, -0.15) is 0 Å². The molecule has 7 nitrogen and oxygen atoms in total. The van der Waals surface area contributed by atoms with Crippen LogP contribution in [0.5, 0.6) is 17.2 Å². The quantitative estimate of drug-likeness (QED) is 0.836. The smallest absolute Gasteiger partial charge is 0.203 e. The van der Waals surface area contributed by atoms with Crippen molar-refractivity contribution < 1.29 is 19.3 Å². The summed E-state index contributed by atoms with van der Waals surface area (Å²) in [5.74, 6) is 1.98. The van der Waals surface area contributed by atoms with Gasteiger partial charge in [0.25, 0.3) is 0 Å². The Bertz CT molecular complexity index is 782. The van der Waals surface area contributed by atoms with E-state index >= 15 is 0 Å². The number of benzene rings is 1. The minimum Gasteiger partial charge on any atom is -0.486 e. The van der Waals surface area contributed by atoms with Gasteiger partial charge in [-0.1, -0.05) is 6.07 Å². The largest absolute Gasteiger partial charge is 0.486 e. The second-order valence-corrected chi connectivity index (χ2v) is 8.12. The van der Waals surface area contributed by atoms with Crippen LogP contribution in [0.1, 0.15) is 11.3 Å². The number of hydrogen-bond donors (Lipinski definition) is 1. The van der Waals surface area contributed by atoms with Gasteiger partial charge in [0.1, 0.15) is 25.4 Å². The van der Waals surface area contributed by atoms with Gasteiger partial charge in [-0.25, -0.2) is 4.98 Å². The highest BCUT2D eigenvalue weighted by Crippen LogP contribution is 2.40. The summed E-state index contributed by atoms with van der Waals surface area (Å²) in [4.78, 5) is 9.88. The number of hydrogen-bond acceptors (Lipinski definition) is 8. The first-order valence-corrected chi connectivity index (χ1v) is 9.99. The molecule has 2 atom stereocenters. The number of aromatic nitrogens is 1. The fourth-order valence-electron chi connectivity index (χ4n) is 3.36. The highest BCUT2D eigenvalue weighted by Gasteiger charge is 2.31.